The zero-order valence-corrected chi connectivity index (χ0v) is 16.4. The number of nitrogens with zero attached hydrogens (tertiary/aromatic N) is 2. The Kier molecular flexibility index (Phi) is 6.54. The third kappa shape index (κ3) is 5.21. The lowest BCUT2D eigenvalue weighted by Crippen LogP contribution is -2.48. The number of anilines is 1. The molecule has 0 aromatic heterocycles. The number of rotatable bonds is 5. The number of halogens is 2. The molecule has 3 rings (SSSR count). The Bertz CT molecular complexity index is 773. The summed E-state index contributed by atoms with van der Waals surface area (Å²) >= 11 is 12.0. The minimum absolute atomic E-state index is 0.0541. The topological polar surface area (TPSA) is 35.6 Å². The van der Waals surface area contributed by atoms with Crippen molar-refractivity contribution in [2.45, 2.75) is 13.5 Å². The van der Waals surface area contributed by atoms with Gasteiger partial charge < -0.3 is 5.32 Å². The molecule has 2 aromatic carbocycles. The third-order valence-corrected chi connectivity index (χ3v) is 5.24. The van der Waals surface area contributed by atoms with Gasteiger partial charge in [-0.05, 0) is 36.2 Å². The third-order valence-electron chi connectivity index (χ3n) is 4.69. The van der Waals surface area contributed by atoms with Gasteiger partial charge in [-0.1, -0.05) is 47.5 Å². The van der Waals surface area contributed by atoms with Crippen LogP contribution in [0.4, 0.5) is 5.69 Å². The van der Waals surface area contributed by atoms with Crippen molar-refractivity contribution in [2.75, 3.05) is 38.0 Å². The monoisotopic (exact) mass is 391 g/mol. The molecule has 4 nitrogen and oxygen atoms in total. The van der Waals surface area contributed by atoms with Crippen LogP contribution < -0.4 is 5.32 Å². The molecular formula is C20H23Cl2N3O. The molecule has 1 saturated heterocycles. The molecule has 26 heavy (non-hydrogen) atoms. The highest BCUT2D eigenvalue weighted by Gasteiger charge is 2.19. The van der Waals surface area contributed by atoms with Crippen LogP contribution in [-0.4, -0.2) is 48.4 Å². The maximum Gasteiger partial charge on any atom is 0.238 e. The number of carbonyl (C=O) groups excluding carboxylic acids is 1. The Labute approximate surface area is 164 Å². The van der Waals surface area contributed by atoms with Crippen LogP contribution in [0, 0.1) is 6.92 Å². The highest BCUT2D eigenvalue weighted by Crippen LogP contribution is 2.25. The molecule has 1 aliphatic heterocycles. The highest BCUT2D eigenvalue weighted by atomic mass is 35.5. The summed E-state index contributed by atoms with van der Waals surface area (Å²) in [6.45, 7) is 7.18. The lowest BCUT2D eigenvalue weighted by molar-refractivity contribution is -0.117. The number of benzene rings is 2. The van der Waals surface area contributed by atoms with E-state index < -0.39 is 0 Å². The van der Waals surface area contributed by atoms with Crippen molar-refractivity contribution >= 4 is 34.8 Å². The summed E-state index contributed by atoms with van der Waals surface area (Å²) in [7, 11) is 0. The van der Waals surface area contributed by atoms with Gasteiger partial charge in [-0.25, -0.2) is 0 Å². The molecule has 6 heteroatoms. The largest absolute Gasteiger partial charge is 0.324 e. The second-order valence-electron chi connectivity index (χ2n) is 6.65. The molecule has 0 spiro atoms. The quantitative estimate of drug-likeness (QED) is 0.834. The molecular weight excluding hydrogens is 369 g/mol. The maximum absolute atomic E-state index is 12.3. The molecule has 1 amide bonds. The summed E-state index contributed by atoms with van der Waals surface area (Å²) in [5.41, 5.74) is 3.30. The van der Waals surface area contributed by atoms with Gasteiger partial charge in [0, 0.05) is 37.7 Å². The summed E-state index contributed by atoms with van der Waals surface area (Å²) in [5.74, 6) is -0.0541. The summed E-state index contributed by atoms with van der Waals surface area (Å²) in [4.78, 5) is 16.9. The van der Waals surface area contributed by atoms with E-state index in [2.05, 4.69) is 46.3 Å². The summed E-state index contributed by atoms with van der Waals surface area (Å²) in [5, 5.41) is 3.86. The Morgan fingerprint density at radius 3 is 2.42 bits per heavy atom. The van der Waals surface area contributed by atoms with E-state index in [0.29, 0.717) is 22.3 Å². The van der Waals surface area contributed by atoms with Crippen LogP contribution in [0.1, 0.15) is 11.1 Å². The average Bonchev–Trinajstić information content (AvgIpc) is 2.61. The van der Waals surface area contributed by atoms with Gasteiger partial charge in [0.25, 0.3) is 0 Å². The molecule has 1 N–H and O–H groups in total. The Hall–Kier alpha value is -1.59. The van der Waals surface area contributed by atoms with Crippen LogP contribution in [0.2, 0.25) is 10.0 Å². The van der Waals surface area contributed by atoms with Crippen LogP contribution in [0.15, 0.2) is 42.5 Å². The number of carbonyl (C=O) groups is 1. The maximum atomic E-state index is 12.3. The fourth-order valence-electron chi connectivity index (χ4n) is 3.12. The first-order valence-electron chi connectivity index (χ1n) is 8.75. The van der Waals surface area contributed by atoms with Gasteiger partial charge in [-0.3, -0.25) is 14.6 Å². The Morgan fingerprint density at radius 2 is 1.73 bits per heavy atom. The fraction of sp³-hybridized carbons (Fsp3) is 0.350. The molecule has 0 bridgehead atoms. The molecule has 0 atom stereocenters. The molecule has 1 fully saturated rings. The first-order valence-corrected chi connectivity index (χ1v) is 9.51. The minimum atomic E-state index is -0.0541. The van der Waals surface area contributed by atoms with Gasteiger partial charge in [0.05, 0.1) is 17.3 Å². The fourth-order valence-corrected chi connectivity index (χ4v) is 3.57. The van der Waals surface area contributed by atoms with Gasteiger partial charge in [0.1, 0.15) is 0 Å². The smallest absolute Gasteiger partial charge is 0.238 e. The lowest BCUT2D eigenvalue weighted by atomic mass is 10.1. The average molecular weight is 392 g/mol. The lowest BCUT2D eigenvalue weighted by Gasteiger charge is -2.34. The van der Waals surface area contributed by atoms with E-state index in [4.69, 9.17) is 23.2 Å². The minimum Gasteiger partial charge on any atom is -0.324 e. The van der Waals surface area contributed by atoms with E-state index in [-0.39, 0.29) is 5.91 Å². The SMILES string of the molecule is Cc1ccccc1CN1CCN(CC(=O)Nc2ccc(Cl)cc2Cl)CC1. The molecule has 1 aliphatic rings. The van der Waals surface area contributed by atoms with Gasteiger partial charge in [0.2, 0.25) is 5.91 Å². The van der Waals surface area contributed by atoms with Gasteiger partial charge in [0.15, 0.2) is 0 Å². The molecule has 0 aliphatic carbocycles. The first-order chi connectivity index (χ1) is 12.5. The number of amides is 1. The summed E-state index contributed by atoms with van der Waals surface area (Å²) in [6, 6.07) is 13.6. The van der Waals surface area contributed by atoms with Crippen LogP contribution in [0.25, 0.3) is 0 Å². The van der Waals surface area contributed by atoms with Crippen LogP contribution >= 0.6 is 23.2 Å². The van der Waals surface area contributed by atoms with Crippen molar-refractivity contribution in [1.82, 2.24) is 9.80 Å². The zero-order chi connectivity index (χ0) is 18.5. The Balaban J connectivity index is 1.46. The van der Waals surface area contributed by atoms with Crippen molar-refractivity contribution in [3.8, 4) is 0 Å². The number of hydrogen-bond donors (Lipinski definition) is 1. The van der Waals surface area contributed by atoms with Gasteiger partial charge >= 0.3 is 0 Å². The van der Waals surface area contributed by atoms with E-state index in [1.165, 1.54) is 11.1 Å². The van der Waals surface area contributed by atoms with Crippen molar-refractivity contribution in [2.24, 2.45) is 0 Å². The normalized spacial score (nSPS) is 15.8. The first kappa shape index (κ1) is 19.2. The Morgan fingerprint density at radius 1 is 1.04 bits per heavy atom. The zero-order valence-electron chi connectivity index (χ0n) is 14.8. The van der Waals surface area contributed by atoms with Crippen molar-refractivity contribution in [3.05, 3.63) is 63.6 Å². The van der Waals surface area contributed by atoms with Crippen molar-refractivity contribution in [1.29, 1.82) is 0 Å². The second-order valence-corrected chi connectivity index (χ2v) is 7.49. The van der Waals surface area contributed by atoms with E-state index in [1.54, 1.807) is 18.2 Å². The predicted molar refractivity (Wildman–Crippen MR) is 108 cm³/mol. The number of hydrogen-bond acceptors (Lipinski definition) is 3. The molecule has 0 unspecified atom stereocenters. The van der Waals surface area contributed by atoms with Crippen LogP contribution in [0.3, 0.4) is 0 Å². The number of piperazine rings is 1. The van der Waals surface area contributed by atoms with Crippen molar-refractivity contribution in [3.63, 3.8) is 0 Å². The summed E-state index contributed by atoms with van der Waals surface area (Å²) < 4.78 is 0. The van der Waals surface area contributed by atoms with Gasteiger partial charge in [-0.15, -0.1) is 0 Å². The molecule has 0 saturated carbocycles. The highest BCUT2D eigenvalue weighted by molar-refractivity contribution is 6.36. The standard InChI is InChI=1S/C20H23Cl2N3O/c1-15-4-2-3-5-16(15)13-24-8-10-25(11-9-24)14-20(26)23-19-7-6-17(21)12-18(19)22/h2-7,12H,8-11,13-14H2,1H3,(H,23,26). The molecule has 138 valence electrons. The molecule has 1 heterocycles. The second kappa shape index (κ2) is 8.87. The van der Waals surface area contributed by atoms with Crippen molar-refractivity contribution < 1.29 is 4.79 Å². The van der Waals surface area contributed by atoms with E-state index in [0.717, 1.165) is 32.7 Å². The van der Waals surface area contributed by atoms with E-state index >= 15 is 0 Å². The van der Waals surface area contributed by atoms with Gasteiger partial charge in [-0.2, -0.15) is 0 Å². The molecule has 2 aromatic rings. The summed E-state index contributed by atoms with van der Waals surface area (Å²) in [6.07, 6.45) is 0. The van der Waals surface area contributed by atoms with Crippen LogP contribution in [0.5, 0.6) is 0 Å². The van der Waals surface area contributed by atoms with E-state index in [9.17, 15) is 4.79 Å². The molecule has 0 radical (unpaired) electrons. The number of nitrogens with one attached hydrogen (secondary N) is 1. The predicted octanol–water partition coefficient (Wildman–Crippen LogP) is 4.06. The van der Waals surface area contributed by atoms with E-state index in [1.807, 2.05) is 0 Å². The number of aryl methyl sites for hydroxylation is 1. The van der Waals surface area contributed by atoms with Crippen LogP contribution in [-0.2, 0) is 11.3 Å².